The minimum absolute atomic E-state index is 0.0941. The molecule has 0 bridgehead atoms. The van der Waals surface area contributed by atoms with Crippen LogP contribution in [0.15, 0.2) is 12.1 Å². The zero-order valence-electron chi connectivity index (χ0n) is 10.9. The van der Waals surface area contributed by atoms with Gasteiger partial charge < -0.3 is 4.90 Å². The van der Waals surface area contributed by atoms with Gasteiger partial charge in [-0.25, -0.2) is 0 Å². The molecule has 108 valence electrons. The maximum atomic E-state index is 12.8. The van der Waals surface area contributed by atoms with E-state index in [0.29, 0.717) is 5.82 Å². The van der Waals surface area contributed by atoms with Crippen molar-refractivity contribution in [2.24, 2.45) is 5.92 Å². The van der Waals surface area contributed by atoms with Crippen molar-refractivity contribution in [3.8, 4) is 0 Å². The Morgan fingerprint density at radius 3 is 2.70 bits per heavy atom. The maximum Gasteiger partial charge on any atom is 0.453 e. The van der Waals surface area contributed by atoms with E-state index in [1.165, 1.54) is 18.9 Å². The molecule has 2 aromatic rings. The summed E-state index contributed by atoms with van der Waals surface area (Å²) >= 11 is 0. The Morgan fingerprint density at radius 2 is 2.05 bits per heavy atom. The minimum atomic E-state index is -4.56. The van der Waals surface area contributed by atoms with Crippen LogP contribution in [0.3, 0.4) is 0 Å². The standard InChI is InChI=1S/C12H14F3N5/c1-19(7-6-8-2-3-8)10-5-4-9-16-17-11(12(13,14)15)20(9)18-10/h4-5,8H,2-3,6-7H2,1H3. The van der Waals surface area contributed by atoms with Gasteiger partial charge in [0.25, 0.3) is 5.82 Å². The summed E-state index contributed by atoms with van der Waals surface area (Å²) in [5.74, 6) is 0.162. The predicted molar refractivity (Wildman–Crippen MR) is 66.4 cm³/mol. The number of fused-ring (bicyclic) bond motifs is 1. The summed E-state index contributed by atoms with van der Waals surface area (Å²) in [7, 11) is 1.83. The first-order chi connectivity index (χ1) is 9.45. The molecule has 0 aliphatic heterocycles. The molecule has 0 atom stereocenters. The zero-order chi connectivity index (χ0) is 14.3. The van der Waals surface area contributed by atoms with Crippen molar-refractivity contribution in [2.75, 3.05) is 18.5 Å². The quantitative estimate of drug-likeness (QED) is 0.865. The Balaban J connectivity index is 1.87. The van der Waals surface area contributed by atoms with Gasteiger partial charge in [0.05, 0.1) is 0 Å². The van der Waals surface area contributed by atoms with Gasteiger partial charge in [-0.05, 0) is 24.5 Å². The fourth-order valence-electron chi connectivity index (χ4n) is 2.06. The third kappa shape index (κ3) is 2.54. The summed E-state index contributed by atoms with van der Waals surface area (Å²) in [6.07, 6.45) is -1.00. The molecule has 5 nitrogen and oxygen atoms in total. The van der Waals surface area contributed by atoms with E-state index >= 15 is 0 Å². The second-order valence-electron chi connectivity index (χ2n) is 5.14. The first-order valence-electron chi connectivity index (χ1n) is 6.46. The van der Waals surface area contributed by atoms with Crippen LogP contribution in [0.4, 0.5) is 19.0 Å². The van der Waals surface area contributed by atoms with Crippen molar-refractivity contribution >= 4 is 11.5 Å². The topological polar surface area (TPSA) is 46.3 Å². The van der Waals surface area contributed by atoms with Crippen LogP contribution in [0.25, 0.3) is 5.65 Å². The van der Waals surface area contributed by atoms with E-state index in [0.717, 1.165) is 23.4 Å². The number of rotatable bonds is 4. The molecular formula is C12H14F3N5. The van der Waals surface area contributed by atoms with Crippen molar-refractivity contribution in [3.05, 3.63) is 18.0 Å². The molecule has 1 saturated carbocycles. The summed E-state index contributed by atoms with van der Waals surface area (Å²) < 4.78 is 39.1. The Bertz CT molecular complexity index is 617. The van der Waals surface area contributed by atoms with E-state index in [1.54, 1.807) is 6.07 Å². The highest BCUT2D eigenvalue weighted by Gasteiger charge is 2.37. The zero-order valence-corrected chi connectivity index (χ0v) is 10.9. The van der Waals surface area contributed by atoms with Crippen LogP contribution < -0.4 is 4.90 Å². The monoisotopic (exact) mass is 285 g/mol. The number of alkyl halides is 3. The predicted octanol–water partition coefficient (Wildman–Crippen LogP) is 2.38. The van der Waals surface area contributed by atoms with Crippen LogP contribution >= 0.6 is 0 Å². The van der Waals surface area contributed by atoms with Crippen LogP contribution in [-0.4, -0.2) is 33.4 Å². The van der Waals surface area contributed by atoms with E-state index in [1.807, 2.05) is 11.9 Å². The number of nitrogens with zero attached hydrogens (tertiary/aromatic N) is 5. The summed E-state index contributed by atoms with van der Waals surface area (Å²) in [5, 5.41) is 10.6. The molecule has 1 aliphatic carbocycles. The van der Waals surface area contributed by atoms with Crippen molar-refractivity contribution in [3.63, 3.8) is 0 Å². The number of anilines is 1. The number of aromatic nitrogens is 4. The van der Waals surface area contributed by atoms with Crippen molar-refractivity contribution in [2.45, 2.75) is 25.4 Å². The van der Waals surface area contributed by atoms with Crippen molar-refractivity contribution in [1.29, 1.82) is 0 Å². The summed E-state index contributed by atoms with van der Waals surface area (Å²) in [6.45, 7) is 0.784. The van der Waals surface area contributed by atoms with Crippen molar-refractivity contribution in [1.82, 2.24) is 19.8 Å². The molecule has 2 aromatic heterocycles. The lowest BCUT2D eigenvalue weighted by atomic mass is 10.3. The van der Waals surface area contributed by atoms with Gasteiger partial charge in [0.2, 0.25) is 0 Å². The van der Waals surface area contributed by atoms with Gasteiger partial charge in [-0.1, -0.05) is 12.8 Å². The molecule has 0 unspecified atom stereocenters. The molecule has 0 N–H and O–H groups in total. The summed E-state index contributed by atoms with van der Waals surface area (Å²) in [5.41, 5.74) is 0.0941. The van der Waals surface area contributed by atoms with Gasteiger partial charge in [0.15, 0.2) is 5.65 Å². The third-order valence-electron chi connectivity index (χ3n) is 3.46. The molecule has 20 heavy (non-hydrogen) atoms. The summed E-state index contributed by atoms with van der Waals surface area (Å²) in [6, 6.07) is 3.16. The first-order valence-corrected chi connectivity index (χ1v) is 6.46. The van der Waals surface area contributed by atoms with Crippen LogP contribution in [0.1, 0.15) is 25.1 Å². The Labute approximate surface area is 113 Å². The fraction of sp³-hybridized carbons (Fsp3) is 0.583. The Morgan fingerprint density at radius 1 is 1.30 bits per heavy atom. The lowest BCUT2D eigenvalue weighted by Gasteiger charge is -2.17. The summed E-state index contributed by atoms with van der Waals surface area (Å²) in [4.78, 5) is 1.86. The second-order valence-corrected chi connectivity index (χ2v) is 5.14. The molecule has 1 aliphatic rings. The van der Waals surface area contributed by atoms with Crippen molar-refractivity contribution < 1.29 is 13.2 Å². The fourth-order valence-corrected chi connectivity index (χ4v) is 2.06. The van der Waals surface area contributed by atoms with Gasteiger partial charge in [0, 0.05) is 13.6 Å². The number of hydrogen-bond acceptors (Lipinski definition) is 4. The molecule has 0 spiro atoms. The Kier molecular flexibility index (Phi) is 3.02. The van der Waals surface area contributed by atoms with Gasteiger partial charge in [-0.15, -0.1) is 15.3 Å². The smallest absolute Gasteiger partial charge is 0.358 e. The SMILES string of the molecule is CN(CCC1CC1)c1ccc2nnc(C(F)(F)F)n2n1. The second kappa shape index (κ2) is 4.60. The molecule has 0 amide bonds. The molecule has 0 saturated heterocycles. The molecule has 1 fully saturated rings. The van der Waals surface area contributed by atoms with E-state index in [2.05, 4.69) is 15.3 Å². The first kappa shape index (κ1) is 13.1. The van der Waals surface area contributed by atoms with E-state index in [4.69, 9.17) is 0 Å². The van der Waals surface area contributed by atoms with Gasteiger partial charge >= 0.3 is 6.18 Å². The van der Waals surface area contributed by atoms with Gasteiger partial charge in [0.1, 0.15) is 5.82 Å². The van der Waals surface area contributed by atoms with E-state index in [-0.39, 0.29) is 5.65 Å². The molecule has 2 heterocycles. The van der Waals surface area contributed by atoms with Crippen LogP contribution in [0, 0.1) is 5.92 Å². The molecule has 0 aromatic carbocycles. The highest BCUT2D eigenvalue weighted by molar-refractivity contribution is 5.45. The van der Waals surface area contributed by atoms with E-state index in [9.17, 15) is 13.2 Å². The highest BCUT2D eigenvalue weighted by atomic mass is 19.4. The molecule has 3 rings (SSSR count). The number of hydrogen-bond donors (Lipinski definition) is 0. The Hall–Kier alpha value is -1.86. The third-order valence-corrected chi connectivity index (χ3v) is 3.46. The molecule has 0 radical (unpaired) electrons. The minimum Gasteiger partial charge on any atom is -0.358 e. The normalized spacial score (nSPS) is 15.8. The lowest BCUT2D eigenvalue weighted by Crippen LogP contribution is -2.22. The average molecular weight is 285 g/mol. The molecular weight excluding hydrogens is 271 g/mol. The lowest BCUT2D eigenvalue weighted by molar-refractivity contribution is -0.146. The largest absolute Gasteiger partial charge is 0.453 e. The van der Waals surface area contributed by atoms with Crippen LogP contribution in [0.2, 0.25) is 0 Å². The van der Waals surface area contributed by atoms with E-state index < -0.39 is 12.0 Å². The average Bonchev–Trinajstić information content (AvgIpc) is 3.11. The van der Waals surface area contributed by atoms with Crippen LogP contribution in [0.5, 0.6) is 0 Å². The highest BCUT2D eigenvalue weighted by Crippen LogP contribution is 2.32. The van der Waals surface area contributed by atoms with Crippen LogP contribution in [-0.2, 0) is 6.18 Å². The maximum absolute atomic E-state index is 12.8. The number of halogens is 3. The van der Waals surface area contributed by atoms with Gasteiger partial charge in [-0.3, -0.25) is 0 Å². The van der Waals surface area contributed by atoms with Gasteiger partial charge in [-0.2, -0.15) is 17.7 Å². The molecule has 8 heteroatoms.